The zero-order chi connectivity index (χ0) is 15.2. The third kappa shape index (κ3) is 3.68. The smallest absolute Gasteiger partial charge is 0.158 e. The number of nitrogen functional groups attached to an aromatic ring is 1. The van der Waals surface area contributed by atoms with Gasteiger partial charge in [-0.1, -0.05) is 12.1 Å². The molecule has 112 valence electrons. The second kappa shape index (κ2) is 7.01. The number of aryl methyl sites for hydroxylation is 1. The molecule has 0 fully saturated rings. The molecule has 6 nitrogen and oxygen atoms in total. The largest absolute Gasteiger partial charge is 0.377 e. The minimum Gasteiger partial charge on any atom is -0.377 e. The molecular formula is C15H21N5O. The number of ether oxygens (including phenoxy) is 1. The predicted octanol–water partition coefficient (Wildman–Crippen LogP) is 2.38. The normalized spacial score (nSPS) is 10.5. The van der Waals surface area contributed by atoms with Crippen LogP contribution in [0.1, 0.15) is 18.3 Å². The number of nitrogens with one attached hydrogen (secondary N) is 1. The average Bonchev–Trinajstić information content (AvgIpc) is 2.48. The fourth-order valence-corrected chi connectivity index (χ4v) is 2.16. The van der Waals surface area contributed by atoms with Gasteiger partial charge in [-0.25, -0.2) is 15.8 Å². The highest BCUT2D eigenvalue weighted by atomic mass is 16.5. The number of benzene rings is 1. The number of anilines is 3. The van der Waals surface area contributed by atoms with Crippen LogP contribution in [-0.2, 0) is 11.3 Å². The van der Waals surface area contributed by atoms with Crippen LogP contribution < -0.4 is 16.2 Å². The lowest BCUT2D eigenvalue weighted by Crippen LogP contribution is -2.20. The molecule has 2 aromatic rings. The second-order valence-corrected chi connectivity index (χ2v) is 4.69. The molecule has 0 radical (unpaired) electrons. The van der Waals surface area contributed by atoms with Crippen molar-refractivity contribution in [1.82, 2.24) is 9.97 Å². The van der Waals surface area contributed by atoms with Crippen molar-refractivity contribution in [2.45, 2.75) is 20.5 Å². The van der Waals surface area contributed by atoms with E-state index in [0.717, 1.165) is 18.1 Å². The summed E-state index contributed by atoms with van der Waals surface area (Å²) in [6.07, 6.45) is 0. The van der Waals surface area contributed by atoms with Gasteiger partial charge in [-0.05, 0) is 31.5 Å². The Hall–Kier alpha value is -2.18. The molecule has 1 aromatic heterocycles. The van der Waals surface area contributed by atoms with Gasteiger partial charge in [-0.3, -0.25) is 0 Å². The monoisotopic (exact) mass is 287 g/mol. The lowest BCUT2D eigenvalue weighted by molar-refractivity contribution is 0.178. The lowest BCUT2D eigenvalue weighted by Gasteiger charge is -2.23. The maximum atomic E-state index is 5.49. The molecule has 0 spiro atoms. The molecular weight excluding hydrogens is 266 g/mol. The maximum Gasteiger partial charge on any atom is 0.158 e. The van der Waals surface area contributed by atoms with E-state index in [9.17, 15) is 0 Å². The van der Waals surface area contributed by atoms with E-state index in [1.807, 2.05) is 12.1 Å². The molecule has 0 aliphatic rings. The van der Waals surface area contributed by atoms with E-state index in [1.54, 1.807) is 7.11 Å². The van der Waals surface area contributed by atoms with Crippen molar-refractivity contribution in [3.63, 3.8) is 0 Å². The molecule has 0 aliphatic heterocycles. The molecule has 0 atom stereocenters. The van der Waals surface area contributed by atoms with Crippen LogP contribution in [0.4, 0.5) is 17.3 Å². The van der Waals surface area contributed by atoms with E-state index >= 15 is 0 Å². The molecule has 0 aliphatic carbocycles. The predicted molar refractivity (Wildman–Crippen MR) is 84.4 cm³/mol. The van der Waals surface area contributed by atoms with Gasteiger partial charge < -0.3 is 15.1 Å². The van der Waals surface area contributed by atoms with Crippen LogP contribution in [0.5, 0.6) is 0 Å². The van der Waals surface area contributed by atoms with Crippen LogP contribution in [0.15, 0.2) is 30.3 Å². The van der Waals surface area contributed by atoms with Gasteiger partial charge in [0.1, 0.15) is 18.2 Å². The summed E-state index contributed by atoms with van der Waals surface area (Å²) in [7, 11) is 1.61. The third-order valence-electron chi connectivity index (χ3n) is 3.09. The van der Waals surface area contributed by atoms with Crippen molar-refractivity contribution >= 4 is 17.3 Å². The molecule has 1 heterocycles. The first-order valence-electron chi connectivity index (χ1n) is 6.85. The van der Waals surface area contributed by atoms with E-state index < -0.39 is 0 Å². The van der Waals surface area contributed by atoms with Gasteiger partial charge in [0, 0.05) is 25.4 Å². The van der Waals surface area contributed by atoms with Crippen LogP contribution in [0.25, 0.3) is 0 Å². The lowest BCUT2D eigenvalue weighted by atomic mass is 10.2. The Kier molecular flexibility index (Phi) is 5.08. The number of aromatic nitrogens is 2. The molecule has 0 saturated heterocycles. The number of methoxy groups -OCH3 is 1. The molecule has 3 N–H and O–H groups in total. The minimum absolute atomic E-state index is 0.341. The van der Waals surface area contributed by atoms with E-state index in [4.69, 9.17) is 10.6 Å². The van der Waals surface area contributed by atoms with Gasteiger partial charge in [-0.2, -0.15) is 0 Å². The molecule has 2 rings (SSSR count). The first-order valence-corrected chi connectivity index (χ1v) is 6.85. The number of nitrogens with zero attached hydrogens (tertiary/aromatic N) is 3. The van der Waals surface area contributed by atoms with Crippen LogP contribution in [0, 0.1) is 6.92 Å². The highest BCUT2D eigenvalue weighted by Crippen LogP contribution is 2.25. The summed E-state index contributed by atoms with van der Waals surface area (Å²) in [5.41, 5.74) is 4.86. The number of hydrogen-bond donors (Lipinski definition) is 2. The Labute approximate surface area is 124 Å². The Morgan fingerprint density at radius 2 is 2.10 bits per heavy atom. The molecule has 0 amide bonds. The van der Waals surface area contributed by atoms with E-state index in [0.29, 0.717) is 18.2 Å². The summed E-state index contributed by atoms with van der Waals surface area (Å²) in [4.78, 5) is 10.9. The standard InChI is InChI=1S/C15H21N5O/c1-4-20(12-7-5-6-11(2)8-12)15-9-13(19-16)17-14(18-15)10-21-3/h5-9H,4,10,16H2,1-3H3,(H,17,18,19). The summed E-state index contributed by atoms with van der Waals surface area (Å²) in [6.45, 7) is 5.28. The number of nitrogens with two attached hydrogens (primary N) is 1. The fraction of sp³-hybridized carbons (Fsp3) is 0.333. The molecule has 0 bridgehead atoms. The SMILES string of the molecule is CCN(c1cccc(C)c1)c1cc(NN)nc(COC)n1. The van der Waals surface area contributed by atoms with Crippen LogP contribution in [0.2, 0.25) is 0 Å². The van der Waals surface area contributed by atoms with Crippen molar-refractivity contribution in [2.24, 2.45) is 5.84 Å². The van der Waals surface area contributed by atoms with Gasteiger partial charge >= 0.3 is 0 Å². The van der Waals surface area contributed by atoms with Crippen molar-refractivity contribution in [3.8, 4) is 0 Å². The third-order valence-corrected chi connectivity index (χ3v) is 3.09. The van der Waals surface area contributed by atoms with Gasteiger partial charge in [0.2, 0.25) is 0 Å². The highest BCUT2D eigenvalue weighted by molar-refractivity contribution is 5.63. The molecule has 21 heavy (non-hydrogen) atoms. The zero-order valence-electron chi connectivity index (χ0n) is 12.6. The zero-order valence-corrected chi connectivity index (χ0v) is 12.6. The molecule has 6 heteroatoms. The van der Waals surface area contributed by atoms with Crippen molar-refractivity contribution < 1.29 is 4.74 Å². The maximum absolute atomic E-state index is 5.49. The number of rotatable bonds is 6. The molecule has 0 unspecified atom stereocenters. The number of hydrogen-bond acceptors (Lipinski definition) is 6. The highest BCUT2D eigenvalue weighted by Gasteiger charge is 2.12. The Morgan fingerprint density at radius 3 is 2.71 bits per heavy atom. The van der Waals surface area contributed by atoms with Crippen LogP contribution >= 0.6 is 0 Å². The topological polar surface area (TPSA) is 76.3 Å². The Bertz CT molecular complexity index is 602. The van der Waals surface area contributed by atoms with Gasteiger partial charge in [-0.15, -0.1) is 0 Å². The summed E-state index contributed by atoms with van der Waals surface area (Å²) >= 11 is 0. The van der Waals surface area contributed by atoms with Crippen LogP contribution in [-0.4, -0.2) is 23.6 Å². The Morgan fingerprint density at radius 1 is 1.29 bits per heavy atom. The van der Waals surface area contributed by atoms with E-state index in [-0.39, 0.29) is 0 Å². The van der Waals surface area contributed by atoms with E-state index in [1.165, 1.54) is 5.56 Å². The van der Waals surface area contributed by atoms with Gasteiger partial charge in [0.05, 0.1) is 0 Å². The molecule has 0 saturated carbocycles. The molecule has 1 aromatic carbocycles. The summed E-state index contributed by atoms with van der Waals surface area (Å²) in [6, 6.07) is 10.1. The summed E-state index contributed by atoms with van der Waals surface area (Å²) in [5.74, 6) is 7.44. The van der Waals surface area contributed by atoms with Crippen molar-refractivity contribution in [1.29, 1.82) is 0 Å². The minimum atomic E-state index is 0.341. The Balaban J connectivity index is 2.43. The second-order valence-electron chi connectivity index (χ2n) is 4.69. The first kappa shape index (κ1) is 15.2. The quantitative estimate of drug-likeness (QED) is 0.627. The number of hydrazine groups is 1. The van der Waals surface area contributed by atoms with Gasteiger partial charge in [0.25, 0.3) is 0 Å². The van der Waals surface area contributed by atoms with Crippen molar-refractivity contribution in [2.75, 3.05) is 24.0 Å². The van der Waals surface area contributed by atoms with E-state index in [2.05, 4.69) is 52.3 Å². The van der Waals surface area contributed by atoms with Crippen molar-refractivity contribution in [3.05, 3.63) is 41.7 Å². The summed E-state index contributed by atoms with van der Waals surface area (Å²) in [5, 5.41) is 0. The van der Waals surface area contributed by atoms with Crippen LogP contribution in [0.3, 0.4) is 0 Å². The average molecular weight is 287 g/mol. The van der Waals surface area contributed by atoms with Gasteiger partial charge in [0.15, 0.2) is 5.82 Å². The fourth-order valence-electron chi connectivity index (χ4n) is 2.16. The summed E-state index contributed by atoms with van der Waals surface area (Å²) < 4.78 is 5.11. The first-order chi connectivity index (χ1) is 10.2.